The van der Waals surface area contributed by atoms with Crippen LogP contribution in [0, 0.1) is 5.82 Å². The molecule has 0 heterocycles. The Morgan fingerprint density at radius 1 is 1.41 bits per heavy atom. The number of ketones is 1. The molecule has 7 heteroatoms. The second kappa shape index (κ2) is 5.27. The molecule has 0 aromatic heterocycles. The first-order valence-electron chi connectivity index (χ1n) is 4.41. The van der Waals surface area contributed by atoms with E-state index >= 15 is 0 Å². The summed E-state index contributed by atoms with van der Waals surface area (Å²) in [5.41, 5.74) is -4.80. The Morgan fingerprint density at radius 2 is 2.00 bits per heavy atom. The highest BCUT2D eigenvalue weighted by molar-refractivity contribution is 8.00. The lowest BCUT2D eigenvalue weighted by atomic mass is 10.1. The fourth-order valence-electron chi connectivity index (χ4n) is 1.17. The van der Waals surface area contributed by atoms with E-state index in [0.29, 0.717) is 0 Å². The summed E-state index contributed by atoms with van der Waals surface area (Å²) in [6, 6.07) is 3.31. The lowest BCUT2D eigenvalue weighted by molar-refractivity contribution is -0.116. The van der Waals surface area contributed by atoms with Crippen LogP contribution in [0.2, 0.25) is 0 Å². The van der Waals surface area contributed by atoms with Gasteiger partial charge in [-0.25, -0.2) is 4.39 Å². The van der Waals surface area contributed by atoms with Crippen LogP contribution in [-0.4, -0.2) is 11.3 Å². The van der Waals surface area contributed by atoms with Crippen LogP contribution < -0.4 is 0 Å². The summed E-state index contributed by atoms with van der Waals surface area (Å²) in [6.45, 7) is 1.13. The molecule has 0 N–H and O–H groups in total. The van der Waals surface area contributed by atoms with E-state index in [9.17, 15) is 22.4 Å². The fraction of sp³-hybridized carbons (Fsp3) is 0.300. The molecule has 17 heavy (non-hydrogen) atoms. The molecule has 1 rings (SSSR count). The zero-order chi connectivity index (χ0) is 13.2. The molecule has 0 bridgehead atoms. The Balaban J connectivity index is 3.22. The average molecular weight is 287 g/mol. The number of carbonyl (C=O) groups excluding carboxylic acids is 1. The third kappa shape index (κ3) is 3.89. The number of rotatable bonds is 3. The molecule has 1 aromatic rings. The van der Waals surface area contributed by atoms with Crippen molar-refractivity contribution in [1.29, 1.82) is 0 Å². The van der Waals surface area contributed by atoms with Gasteiger partial charge < -0.3 is 0 Å². The van der Waals surface area contributed by atoms with Crippen molar-refractivity contribution in [3.63, 3.8) is 0 Å². The third-order valence-corrected chi connectivity index (χ3v) is 3.25. The predicted octanol–water partition coefficient (Wildman–Crippen LogP) is 4.31. The number of Topliss-reactive ketones (excluding diaryl/α,β-unsaturated/α-hetero) is 1. The maximum absolute atomic E-state index is 13.3. The molecule has 0 saturated heterocycles. The van der Waals surface area contributed by atoms with E-state index < -0.39 is 39.1 Å². The monoisotopic (exact) mass is 286 g/mol. The van der Waals surface area contributed by atoms with Gasteiger partial charge in [-0.15, -0.1) is 11.6 Å². The van der Waals surface area contributed by atoms with E-state index in [1.165, 1.54) is 12.1 Å². The van der Waals surface area contributed by atoms with E-state index in [-0.39, 0.29) is 5.56 Å². The van der Waals surface area contributed by atoms with Gasteiger partial charge in [0.15, 0.2) is 5.78 Å². The Hall–Kier alpha value is -0.750. The van der Waals surface area contributed by atoms with Gasteiger partial charge in [-0.1, -0.05) is 12.1 Å². The first-order valence-corrected chi connectivity index (χ1v) is 5.66. The molecular formula is C10H7ClF4OS. The molecule has 1 nitrogen and oxygen atoms in total. The summed E-state index contributed by atoms with van der Waals surface area (Å²) in [4.78, 5) is 10.4. The van der Waals surface area contributed by atoms with Gasteiger partial charge >= 0.3 is 5.51 Å². The number of hydrogen-bond donors (Lipinski definition) is 0. The van der Waals surface area contributed by atoms with Gasteiger partial charge in [0, 0.05) is 0 Å². The summed E-state index contributed by atoms with van der Waals surface area (Å²) in [7, 11) is 0. The number of thioether (sulfide) groups is 1. The molecule has 0 spiro atoms. The Kier molecular flexibility index (Phi) is 4.43. The van der Waals surface area contributed by atoms with Crippen molar-refractivity contribution < 1.29 is 22.4 Å². The highest BCUT2D eigenvalue weighted by Crippen LogP contribution is 2.42. The van der Waals surface area contributed by atoms with Crippen LogP contribution in [0.25, 0.3) is 0 Å². The van der Waals surface area contributed by atoms with E-state index in [2.05, 4.69) is 0 Å². The Labute approximate surface area is 104 Å². The minimum atomic E-state index is -4.63. The number of carbonyl (C=O) groups is 1. The zero-order valence-electron chi connectivity index (χ0n) is 8.52. The highest BCUT2D eigenvalue weighted by atomic mass is 35.5. The summed E-state index contributed by atoms with van der Waals surface area (Å²) in [5.74, 6) is -1.59. The van der Waals surface area contributed by atoms with E-state index in [1.807, 2.05) is 0 Å². The molecule has 1 atom stereocenters. The first-order chi connectivity index (χ1) is 7.72. The highest BCUT2D eigenvalue weighted by Gasteiger charge is 2.33. The normalized spacial score (nSPS) is 13.5. The molecular weight excluding hydrogens is 280 g/mol. The average Bonchev–Trinajstić information content (AvgIpc) is 2.18. The summed E-state index contributed by atoms with van der Waals surface area (Å²) in [6.07, 6.45) is 0. The standard InChI is InChI=1S/C10H7ClF4OS/c1-5(16)8(11)6-3-2-4-7(12)9(6)17-10(13,14)15/h2-4,8H,1H3. The molecule has 0 aliphatic carbocycles. The van der Waals surface area contributed by atoms with Gasteiger partial charge in [-0.3, -0.25) is 4.79 Å². The van der Waals surface area contributed by atoms with E-state index in [0.717, 1.165) is 13.0 Å². The molecule has 0 amide bonds. The van der Waals surface area contributed by atoms with Crippen LogP contribution >= 0.6 is 23.4 Å². The maximum atomic E-state index is 13.3. The Bertz CT molecular complexity index is 433. The smallest absolute Gasteiger partial charge is 0.298 e. The van der Waals surface area contributed by atoms with Gasteiger partial charge in [0.2, 0.25) is 0 Å². The molecule has 1 aromatic carbocycles. The van der Waals surface area contributed by atoms with Crippen LogP contribution in [0.1, 0.15) is 17.9 Å². The molecule has 0 aliphatic rings. The van der Waals surface area contributed by atoms with Gasteiger partial charge in [0.25, 0.3) is 0 Å². The van der Waals surface area contributed by atoms with Gasteiger partial charge in [-0.2, -0.15) is 13.2 Å². The van der Waals surface area contributed by atoms with Crippen molar-refractivity contribution in [2.24, 2.45) is 0 Å². The maximum Gasteiger partial charge on any atom is 0.446 e. The van der Waals surface area contributed by atoms with Crippen LogP contribution in [0.5, 0.6) is 0 Å². The summed E-state index contributed by atoms with van der Waals surface area (Å²) >= 11 is 5.04. The van der Waals surface area contributed by atoms with Crippen molar-refractivity contribution >= 4 is 29.1 Å². The van der Waals surface area contributed by atoms with Crippen molar-refractivity contribution in [3.05, 3.63) is 29.6 Å². The third-order valence-electron chi connectivity index (χ3n) is 1.85. The number of benzene rings is 1. The largest absolute Gasteiger partial charge is 0.446 e. The van der Waals surface area contributed by atoms with Gasteiger partial charge in [0.1, 0.15) is 11.2 Å². The second-order valence-electron chi connectivity index (χ2n) is 3.18. The van der Waals surface area contributed by atoms with E-state index in [4.69, 9.17) is 11.6 Å². The van der Waals surface area contributed by atoms with Crippen LogP contribution in [0.4, 0.5) is 17.6 Å². The lowest BCUT2D eigenvalue weighted by Crippen LogP contribution is -2.07. The van der Waals surface area contributed by atoms with Crippen LogP contribution in [0.3, 0.4) is 0 Å². The van der Waals surface area contributed by atoms with E-state index in [1.54, 1.807) is 0 Å². The topological polar surface area (TPSA) is 17.1 Å². The van der Waals surface area contributed by atoms with Crippen molar-refractivity contribution in [3.8, 4) is 0 Å². The lowest BCUT2D eigenvalue weighted by Gasteiger charge is -2.14. The fourth-order valence-corrected chi connectivity index (χ4v) is 2.11. The molecule has 0 aliphatic heterocycles. The minimum Gasteiger partial charge on any atom is -0.298 e. The van der Waals surface area contributed by atoms with Crippen molar-refractivity contribution in [1.82, 2.24) is 0 Å². The summed E-state index contributed by atoms with van der Waals surface area (Å²) < 4.78 is 50.0. The molecule has 1 unspecified atom stereocenters. The first kappa shape index (κ1) is 14.3. The minimum absolute atomic E-state index is 0.165. The zero-order valence-corrected chi connectivity index (χ0v) is 10.1. The van der Waals surface area contributed by atoms with Crippen molar-refractivity contribution in [2.45, 2.75) is 22.7 Å². The molecule has 0 saturated carbocycles. The predicted molar refractivity (Wildman–Crippen MR) is 57.6 cm³/mol. The Morgan fingerprint density at radius 3 is 2.47 bits per heavy atom. The molecule has 0 radical (unpaired) electrons. The van der Waals surface area contributed by atoms with Gasteiger partial charge in [0.05, 0.1) is 4.90 Å². The molecule has 0 fully saturated rings. The number of halogens is 5. The van der Waals surface area contributed by atoms with Crippen LogP contribution in [0.15, 0.2) is 23.1 Å². The van der Waals surface area contributed by atoms with Crippen LogP contribution in [-0.2, 0) is 4.79 Å². The molecule has 94 valence electrons. The quantitative estimate of drug-likeness (QED) is 0.468. The summed E-state index contributed by atoms with van der Waals surface area (Å²) in [5, 5.41) is -1.28. The van der Waals surface area contributed by atoms with Crippen molar-refractivity contribution in [2.75, 3.05) is 0 Å². The second-order valence-corrected chi connectivity index (χ2v) is 4.69. The van der Waals surface area contributed by atoms with Gasteiger partial charge in [-0.05, 0) is 30.3 Å². The SMILES string of the molecule is CC(=O)C(Cl)c1cccc(F)c1SC(F)(F)F. The number of hydrogen-bond acceptors (Lipinski definition) is 2. The number of alkyl halides is 4.